The van der Waals surface area contributed by atoms with Crippen molar-refractivity contribution in [3.05, 3.63) is 29.7 Å². The Kier molecular flexibility index (Phi) is 5.63. The summed E-state index contributed by atoms with van der Waals surface area (Å²) in [6.07, 6.45) is -3.22. The van der Waals surface area contributed by atoms with Crippen LogP contribution >= 0.6 is 0 Å². The van der Waals surface area contributed by atoms with E-state index in [9.17, 15) is 31.9 Å². The number of alkyl halides is 5. The highest BCUT2D eigenvalue weighted by Crippen LogP contribution is 2.36. The van der Waals surface area contributed by atoms with Crippen LogP contribution < -0.4 is 10.6 Å². The summed E-state index contributed by atoms with van der Waals surface area (Å²) in [5.41, 5.74) is 1.15. The molecule has 0 radical (unpaired) electrons. The lowest BCUT2D eigenvalue weighted by Crippen LogP contribution is -2.38. The molecule has 1 aliphatic carbocycles. The predicted octanol–water partition coefficient (Wildman–Crippen LogP) is 2.50. The average molecular weight is 447 g/mol. The van der Waals surface area contributed by atoms with Gasteiger partial charge in [0.2, 0.25) is 11.8 Å². The highest BCUT2D eigenvalue weighted by atomic mass is 19.4. The molecule has 0 spiro atoms. The summed E-state index contributed by atoms with van der Waals surface area (Å²) >= 11 is 0. The Morgan fingerprint density at radius 2 is 2.03 bits per heavy atom. The molecule has 170 valence electrons. The molecule has 3 N–H and O–H groups in total. The van der Waals surface area contributed by atoms with Crippen LogP contribution in [0, 0.1) is 5.92 Å². The van der Waals surface area contributed by atoms with Crippen molar-refractivity contribution in [1.29, 1.82) is 0 Å². The average Bonchev–Trinajstić information content (AvgIpc) is 3.29. The van der Waals surface area contributed by atoms with Crippen LogP contribution in [0.1, 0.15) is 49.5 Å². The van der Waals surface area contributed by atoms with Gasteiger partial charge in [-0.1, -0.05) is 0 Å². The molecule has 7 nitrogen and oxygen atoms in total. The molecule has 3 atom stereocenters. The first kappa shape index (κ1) is 21.9. The van der Waals surface area contributed by atoms with E-state index in [1.165, 1.54) is 16.8 Å². The first-order chi connectivity index (χ1) is 14.5. The summed E-state index contributed by atoms with van der Waals surface area (Å²) in [5, 5.41) is 19.7. The number of halogens is 5. The quantitative estimate of drug-likeness (QED) is 0.613. The fraction of sp³-hybridized carbons (Fsp3) is 0.632. The monoisotopic (exact) mass is 447 g/mol. The summed E-state index contributed by atoms with van der Waals surface area (Å²) in [4.78, 5) is 16.3. The van der Waals surface area contributed by atoms with Crippen molar-refractivity contribution in [2.24, 2.45) is 5.92 Å². The zero-order valence-corrected chi connectivity index (χ0v) is 16.4. The van der Waals surface area contributed by atoms with Crippen LogP contribution in [0.25, 0.3) is 5.65 Å². The van der Waals surface area contributed by atoms with Gasteiger partial charge in [0.25, 0.3) is 0 Å². The van der Waals surface area contributed by atoms with Crippen molar-refractivity contribution >= 4 is 11.6 Å². The van der Waals surface area contributed by atoms with E-state index in [-0.39, 0.29) is 24.4 Å². The first-order valence-electron chi connectivity index (χ1n) is 10.0. The lowest BCUT2D eigenvalue weighted by atomic mass is 9.92. The molecule has 0 bridgehead atoms. The SMILES string of the molecule is O=C1NC(C(F)(F)F)CC1[C@H](O)c1cnn2cc(CNC3CCC(F)(F)CC3)nc2c1. The number of aliphatic hydroxyl groups is 1. The van der Waals surface area contributed by atoms with Gasteiger partial charge in [-0.2, -0.15) is 18.3 Å². The topological polar surface area (TPSA) is 91.5 Å². The summed E-state index contributed by atoms with van der Waals surface area (Å²) in [7, 11) is 0. The minimum Gasteiger partial charge on any atom is -0.388 e. The summed E-state index contributed by atoms with van der Waals surface area (Å²) < 4.78 is 66.5. The van der Waals surface area contributed by atoms with Crippen molar-refractivity contribution in [2.45, 2.75) is 68.9 Å². The van der Waals surface area contributed by atoms with Gasteiger partial charge in [-0.15, -0.1) is 0 Å². The fourth-order valence-electron chi connectivity index (χ4n) is 4.10. The van der Waals surface area contributed by atoms with Crippen LogP contribution in [0.2, 0.25) is 0 Å². The van der Waals surface area contributed by atoms with Gasteiger partial charge in [-0.25, -0.2) is 18.3 Å². The molecule has 2 aromatic rings. The molecule has 2 aromatic heterocycles. The molecule has 1 aliphatic heterocycles. The summed E-state index contributed by atoms with van der Waals surface area (Å²) in [5.74, 6) is -4.70. The summed E-state index contributed by atoms with van der Waals surface area (Å²) in [6, 6.07) is -0.548. The second-order valence-corrected chi connectivity index (χ2v) is 8.22. The van der Waals surface area contributed by atoms with Gasteiger partial charge >= 0.3 is 6.18 Å². The van der Waals surface area contributed by atoms with Crippen LogP contribution in [-0.2, 0) is 11.3 Å². The standard InChI is InChI=1S/C19H22F5N5O2/c20-18(21)3-1-11(2-4-18)25-8-12-9-29-15(27-12)5-10(7-26-29)16(30)13-6-14(19(22,23)24)28-17(13)31/h5,7,9,11,13-14,16,25,30H,1-4,6,8H2,(H,28,31)/t13?,14?,16-/m1/s1. The molecule has 3 heterocycles. The Hall–Kier alpha value is -2.34. The van der Waals surface area contributed by atoms with E-state index in [1.54, 1.807) is 6.20 Å². The van der Waals surface area contributed by atoms with Crippen LogP contribution in [0.5, 0.6) is 0 Å². The number of rotatable bonds is 5. The number of aromatic nitrogens is 3. The smallest absolute Gasteiger partial charge is 0.388 e. The number of hydrogen-bond acceptors (Lipinski definition) is 5. The lowest BCUT2D eigenvalue weighted by Gasteiger charge is -2.28. The number of aliphatic hydroxyl groups excluding tert-OH is 1. The molecule has 4 rings (SSSR count). The van der Waals surface area contributed by atoms with Gasteiger partial charge in [-0.3, -0.25) is 4.79 Å². The van der Waals surface area contributed by atoms with Gasteiger partial charge in [0, 0.05) is 31.0 Å². The number of carbonyl (C=O) groups excluding carboxylic acids is 1. The second-order valence-electron chi connectivity index (χ2n) is 8.22. The second kappa shape index (κ2) is 7.97. The third-order valence-electron chi connectivity index (χ3n) is 5.94. The molecule has 1 saturated carbocycles. The number of amides is 1. The molecule has 2 aliphatic rings. The molecule has 31 heavy (non-hydrogen) atoms. The number of fused-ring (bicyclic) bond motifs is 1. The summed E-state index contributed by atoms with van der Waals surface area (Å²) in [6.45, 7) is 0.343. The fourth-order valence-corrected chi connectivity index (χ4v) is 4.10. The zero-order chi connectivity index (χ0) is 22.4. The minimum absolute atomic E-state index is 0.0303. The van der Waals surface area contributed by atoms with Crippen LogP contribution in [0.3, 0.4) is 0 Å². The molecule has 1 amide bonds. The van der Waals surface area contributed by atoms with Crippen molar-refractivity contribution < 1.29 is 31.9 Å². The van der Waals surface area contributed by atoms with Gasteiger partial charge in [-0.05, 0) is 25.3 Å². The Labute approximate surface area is 174 Å². The maximum atomic E-state index is 13.2. The van der Waals surface area contributed by atoms with Gasteiger partial charge in [0.05, 0.1) is 30.1 Å². The first-order valence-corrected chi connectivity index (χ1v) is 10.0. The van der Waals surface area contributed by atoms with E-state index < -0.39 is 42.5 Å². The van der Waals surface area contributed by atoms with Crippen LogP contribution in [0.15, 0.2) is 18.5 Å². The number of carbonyl (C=O) groups is 1. The van der Waals surface area contributed by atoms with Gasteiger partial charge in [0.15, 0.2) is 5.65 Å². The third-order valence-corrected chi connectivity index (χ3v) is 5.94. The van der Waals surface area contributed by atoms with Crippen molar-refractivity contribution in [2.75, 3.05) is 0 Å². The number of imidazole rings is 1. The van der Waals surface area contributed by atoms with Crippen molar-refractivity contribution in [3.63, 3.8) is 0 Å². The predicted molar refractivity (Wildman–Crippen MR) is 98.1 cm³/mol. The maximum Gasteiger partial charge on any atom is 0.408 e. The van der Waals surface area contributed by atoms with E-state index in [0.29, 0.717) is 30.7 Å². The Bertz CT molecular complexity index is 953. The Balaban J connectivity index is 1.41. The normalized spacial score (nSPS) is 25.7. The van der Waals surface area contributed by atoms with Gasteiger partial charge in [0.1, 0.15) is 6.04 Å². The van der Waals surface area contributed by atoms with E-state index in [1.807, 2.05) is 5.32 Å². The zero-order valence-electron chi connectivity index (χ0n) is 16.4. The highest BCUT2D eigenvalue weighted by molar-refractivity contribution is 5.82. The highest BCUT2D eigenvalue weighted by Gasteiger charge is 2.49. The van der Waals surface area contributed by atoms with E-state index in [4.69, 9.17) is 0 Å². The van der Waals surface area contributed by atoms with E-state index in [2.05, 4.69) is 15.4 Å². The third kappa shape index (κ3) is 4.79. The number of nitrogens with one attached hydrogen (secondary N) is 2. The molecular weight excluding hydrogens is 425 g/mol. The molecule has 1 saturated heterocycles. The van der Waals surface area contributed by atoms with Crippen molar-refractivity contribution in [3.8, 4) is 0 Å². The molecule has 0 aromatic carbocycles. The van der Waals surface area contributed by atoms with E-state index in [0.717, 1.165) is 0 Å². The number of hydrogen-bond donors (Lipinski definition) is 3. The van der Waals surface area contributed by atoms with Crippen molar-refractivity contribution in [1.82, 2.24) is 25.2 Å². The van der Waals surface area contributed by atoms with E-state index >= 15 is 0 Å². The van der Waals surface area contributed by atoms with Gasteiger partial charge < -0.3 is 15.7 Å². The van der Waals surface area contributed by atoms with Crippen LogP contribution in [0.4, 0.5) is 22.0 Å². The molecule has 2 fully saturated rings. The number of nitrogens with zero attached hydrogens (tertiary/aromatic N) is 3. The molecule has 2 unspecified atom stereocenters. The molecular formula is C19H22F5N5O2. The maximum absolute atomic E-state index is 13.2. The largest absolute Gasteiger partial charge is 0.408 e. The van der Waals surface area contributed by atoms with Crippen LogP contribution in [-0.4, -0.2) is 49.8 Å². The Morgan fingerprint density at radius 1 is 1.32 bits per heavy atom. The Morgan fingerprint density at radius 3 is 2.68 bits per heavy atom. The lowest BCUT2D eigenvalue weighted by molar-refractivity contribution is -0.155. The molecule has 12 heteroatoms. The minimum atomic E-state index is -4.58.